The Bertz CT molecular complexity index is 1370. The Hall–Kier alpha value is -3.41. The van der Waals surface area contributed by atoms with Crippen molar-refractivity contribution in [2.45, 2.75) is 50.5 Å². The number of piperidine rings is 1. The Morgan fingerprint density at radius 1 is 1.20 bits per heavy atom. The molecule has 1 saturated heterocycles. The molecule has 35 heavy (non-hydrogen) atoms. The molecule has 0 radical (unpaired) electrons. The second-order valence-electron chi connectivity index (χ2n) is 9.12. The summed E-state index contributed by atoms with van der Waals surface area (Å²) in [5.74, 6) is 0.617. The number of ether oxygens (including phenoxy) is 1. The number of halogens is 3. The highest BCUT2D eigenvalue weighted by Gasteiger charge is 2.37. The van der Waals surface area contributed by atoms with E-state index in [-0.39, 0.29) is 6.04 Å². The smallest absolute Gasteiger partial charge is 0.258 e. The summed E-state index contributed by atoms with van der Waals surface area (Å²) in [4.78, 5) is 6.73. The molecule has 0 spiro atoms. The van der Waals surface area contributed by atoms with Gasteiger partial charge in [0.1, 0.15) is 23.7 Å². The molecule has 12 heteroatoms. The summed E-state index contributed by atoms with van der Waals surface area (Å²) in [5, 5.41) is 15.5. The van der Waals surface area contributed by atoms with Gasteiger partial charge in [0, 0.05) is 30.9 Å². The van der Waals surface area contributed by atoms with Crippen LogP contribution in [0.2, 0.25) is 0 Å². The summed E-state index contributed by atoms with van der Waals surface area (Å²) >= 11 is 0. The van der Waals surface area contributed by atoms with Gasteiger partial charge in [-0.2, -0.15) is 4.98 Å². The van der Waals surface area contributed by atoms with E-state index in [1.54, 1.807) is 22.8 Å². The largest absolute Gasteiger partial charge is 0.479 e. The molecule has 2 aliphatic rings. The van der Waals surface area contributed by atoms with E-state index in [0.29, 0.717) is 47.4 Å². The lowest BCUT2D eigenvalue weighted by atomic mass is 10.0. The van der Waals surface area contributed by atoms with E-state index in [1.165, 1.54) is 11.8 Å². The molecule has 2 fully saturated rings. The number of likely N-dealkylation sites (tertiary alicyclic amines) is 1. The van der Waals surface area contributed by atoms with Crippen LogP contribution in [-0.4, -0.2) is 79.4 Å². The van der Waals surface area contributed by atoms with Crippen molar-refractivity contribution in [3.8, 4) is 17.0 Å². The second kappa shape index (κ2) is 8.67. The van der Waals surface area contributed by atoms with Crippen LogP contribution in [0.4, 0.5) is 19.1 Å². The van der Waals surface area contributed by atoms with Crippen molar-refractivity contribution >= 4 is 22.5 Å². The quantitative estimate of drug-likeness (QED) is 0.429. The highest BCUT2D eigenvalue weighted by Crippen LogP contribution is 2.34. The highest BCUT2D eigenvalue weighted by molar-refractivity contribution is 5.89. The van der Waals surface area contributed by atoms with Gasteiger partial charge in [-0.05, 0) is 43.0 Å². The van der Waals surface area contributed by atoms with Crippen LogP contribution in [0.1, 0.15) is 19.3 Å². The van der Waals surface area contributed by atoms with Crippen LogP contribution in [0, 0.1) is 0 Å². The minimum Gasteiger partial charge on any atom is -0.479 e. The fourth-order valence-electron chi connectivity index (χ4n) is 4.85. The van der Waals surface area contributed by atoms with Crippen LogP contribution >= 0.6 is 0 Å². The molecule has 4 aromatic rings. The van der Waals surface area contributed by atoms with Crippen molar-refractivity contribution < 1.29 is 17.9 Å². The first-order chi connectivity index (χ1) is 17.0. The maximum absolute atomic E-state index is 14.8. The van der Waals surface area contributed by atoms with E-state index in [1.807, 2.05) is 12.1 Å². The van der Waals surface area contributed by atoms with Crippen molar-refractivity contribution in [2.75, 3.05) is 25.5 Å². The molecule has 6 rings (SSSR count). The lowest BCUT2D eigenvalue weighted by molar-refractivity contribution is 0.120. The molecule has 2 atom stereocenters. The number of nitrogens with one attached hydrogen (secondary N) is 1. The molecule has 1 N–H and O–H groups in total. The van der Waals surface area contributed by atoms with E-state index >= 15 is 0 Å². The fourth-order valence-corrected chi connectivity index (χ4v) is 4.85. The molecule has 1 saturated carbocycles. The number of aromatic nitrogens is 6. The number of alkyl halides is 3. The lowest BCUT2D eigenvalue weighted by Crippen LogP contribution is -2.48. The monoisotopic (exact) mass is 486 g/mol. The predicted octanol–water partition coefficient (Wildman–Crippen LogP) is 3.40. The predicted molar refractivity (Wildman–Crippen MR) is 124 cm³/mol. The molecular weight excluding hydrogens is 461 g/mol. The van der Waals surface area contributed by atoms with E-state index in [9.17, 15) is 13.2 Å². The average molecular weight is 487 g/mol. The zero-order valence-electron chi connectivity index (χ0n) is 19.1. The molecule has 184 valence electrons. The molecule has 3 aromatic heterocycles. The van der Waals surface area contributed by atoms with E-state index in [2.05, 4.69) is 30.6 Å². The van der Waals surface area contributed by atoms with Crippen LogP contribution in [0.5, 0.6) is 5.88 Å². The van der Waals surface area contributed by atoms with E-state index in [0.717, 1.165) is 30.5 Å². The average Bonchev–Trinajstić information content (AvgIpc) is 3.50. The van der Waals surface area contributed by atoms with Crippen LogP contribution in [0.15, 0.2) is 30.5 Å². The van der Waals surface area contributed by atoms with Gasteiger partial charge in [0.2, 0.25) is 11.8 Å². The molecular formula is C23H25F3N8O. The Kier molecular flexibility index (Phi) is 5.47. The minimum absolute atomic E-state index is 0.290. The van der Waals surface area contributed by atoms with Crippen molar-refractivity contribution in [3.05, 3.63) is 30.5 Å². The summed E-state index contributed by atoms with van der Waals surface area (Å²) in [6, 6.07) is 7.37. The summed E-state index contributed by atoms with van der Waals surface area (Å²) in [5.41, 5.74) is 3.18. The number of anilines is 1. The molecule has 0 amide bonds. The Balaban J connectivity index is 1.30. The SMILES string of the molecule is COc1nc(N[C@H]2CCN(C3CC3)C[C@H]2F)nn2ccc(-c3ccc4nnn(CC(F)F)c4c3)c12. The summed E-state index contributed by atoms with van der Waals surface area (Å²) in [6.45, 7) is 0.747. The topological polar surface area (TPSA) is 85.4 Å². The van der Waals surface area contributed by atoms with Gasteiger partial charge >= 0.3 is 0 Å². The minimum atomic E-state index is -2.54. The van der Waals surface area contributed by atoms with E-state index in [4.69, 9.17) is 4.74 Å². The maximum atomic E-state index is 14.8. The van der Waals surface area contributed by atoms with Crippen molar-refractivity contribution in [3.63, 3.8) is 0 Å². The molecule has 0 bridgehead atoms. The molecule has 4 heterocycles. The van der Waals surface area contributed by atoms with Crippen molar-refractivity contribution in [1.82, 2.24) is 34.5 Å². The first-order valence-corrected chi connectivity index (χ1v) is 11.7. The lowest BCUT2D eigenvalue weighted by Gasteiger charge is -2.35. The number of nitrogens with zero attached hydrogens (tertiary/aromatic N) is 7. The van der Waals surface area contributed by atoms with Crippen LogP contribution < -0.4 is 10.1 Å². The number of benzene rings is 1. The molecule has 9 nitrogen and oxygen atoms in total. The van der Waals surface area contributed by atoms with Gasteiger partial charge < -0.3 is 10.1 Å². The zero-order valence-corrected chi connectivity index (χ0v) is 19.1. The number of rotatable bonds is 7. The van der Waals surface area contributed by atoms with Gasteiger partial charge in [-0.3, -0.25) is 4.90 Å². The first kappa shape index (κ1) is 22.1. The second-order valence-corrected chi connectivity index (χ2v) is 9.12. The molecule has 1 aliphatic carbocycles. The third-order valence-corrected chi connectivity index (χ3v) is 6.76. The van der Waals surface area contributed by atoms with Gasteiger partial charge in [0.15, 0.2) is 0 Å². The fraction of sp³-hybridized carbons (Fsp3) is 0.478. The number of hydrogen-bond acceptors (Lipinski definition) is 7. The highest BCUT2D eigenvalue weighted by atomic mass is 19.3. The van der Waals surface area contributed by atoms with Crippen LogP contribution in [-0.2, 0) is 6.54 Å². The molecule has 0 unspecified atom stereocenters. The molecule has 1 aromatic carbocycles. The maximum Gasteiger partial charge on any atom is 0.258 e. The summed E-state index contributed by atoms with van der Waals surface area (Å²) < 4.78 is 49.1. The third kappa shape index (κ3) is 4.15. The first-order valence-electron chi connectivity index (χ1n) is 11.7. The Labute approximate surface area is 198 Å². The van der Waals surface area contributed by atoms with Gasteiger partial charge in [0.25, 0.3) is 6.43 Å². The van der Waals surface area contributed by atoms with Gasteiger partial charge in [-0.1, -0.05) is 11.3 Å². The summed E-state index contributed by atoms with van der Waals surface area (Å²) in [7, 11) is 1.51. The number of methoxy groups -OCH3 is 1. The van der Waals surface area contributed by atoms with Gasteiger partial charge in [-0.25, -0.2) is 22.4 Å². The normalized spacial score (nSPS) is 21.3. The Morgan fingerprint density at radius 3 is 2.80 bits per heavy atom. The third-order valence-electron chi connectivity index (χ3n) is 6.76. The molecule has 1 aliphatic heterocycles. The zero-order chi connectivity index (χ0) is 24.1. The van der Waals surface area contributed by atoms with Gasteiger partial charge in [-0.15, -0.1) is 10.2 Å². The van der Waals surface area contributed by atoms with Crippen LogP contribution in [0.25, 0.3) is 27.7 Å². The summed E-state index contributed by atoms with van der Waals surface area (Å²) in [6.07, 6.45) is 1.22. The number of fused-ring (bicyclic) bond motifs is 2. The van der Waals surface area contributed by atoms with Crippen LogP contribution in [0.3, 0.4) is 0 Å². The Morgan fingerprint density at radius 2 is 2.06 bits per heavy atom. The standard InChI is InChI=1S/C23H25F3N8O/c1-35-22-21-15(13-2-5-18-19(10-13)34(31-29-18)12-20(25)26)6-9-33(21)30-23(28-22)27-17-7-8-32(11-16(17)24)14-3-4-14/h2,5-6,9-10,14,16-17,20H,3-4,7-8,11-12H2,1H3,(H,27,30)/t16-,17+/m1/s1. The van der Waals surface area contributed by atoms with Gasteiger partial charge in [0.05, 0.1) is 18.7 Å². The number of hydrogen-bond donors (Lipinski definition) is 1. The van der Waals surface area contributed by atoms with Crippen molar-refractivity contribution in [1.29, 1.82) is 0 Å². The van der Waals surface area contributed by atoms with E-state index < -0.39 is 19.1 Å². The van der Waals surface area contributed by atoms with Crippen molar-refractivity contribution in [2.24, 2.45) is 0 Å².